The normalized spacial score (nSPS) is 19.1. The van der Waals surface area contributed by atoms with Crippen LogP contribution in [-0.2, 0) is 13.1 Å². The molecule has 0 radical (unpaired) electrons. The van der Waals surface area contributed by atoms with Crippen molar-refractivity contribution >= 4 is 11.6 Å². The van der Waals surface area contributed by atoms with E-state index in [1.807, 2.05) is 7.05 Å². The summed E-state index contributed by atoms with van der Waals surface area (Å²) in [5.74, 6) is 0.996. The molecule has 0 unspecified atom stereocenters. The van der Waals surface area contributed by atoms with Gasteiger partial charge in [0.2, 0.25) is 0 Å². The molecule has 6 nitrogen and oxygen atoms in total. The summed E-state index contributed by atoms with van der Waals surface area (Å²) >= 11 is 0. The Morgan fingerprint density at radius 2 is 1.53 bits per heavy atom. The fraction of sp³-hybridized carbons (Fsp3) is 0.500. The molecule has 32 heavy (non-hydrogen) atoms. The molecule has 0 spiro atoms. The predicted octanol–water partition coefficient (Wildman–Crippen LogP) is 2.72. The standard InChI is InChI=1S/C26H38N6/c1-27-26(32-19-17-31(18-20-32)25-7-4-3-5-8-25)28-21-23-9-11-24(12-10-23)22-30-14-6-13-29(2)15-16-30/h3-5,7-12H,6,13-22H2,1-2H3,(H,27,28). The summed E-state index contributed by atoms with van der Waals surface area (Å²) in [6.07, 6.45) is 1.26. The minimum absolute atomic E-state index is 0.806. The van der Waals surface area contributed by atoms with Gasteiger partial charge in [-0.05, 0) is 49.8 Å². The number of aliphatic imine (C=N–C) groups is 1. The van der Waals surface area contributed by atoms with Crippen molar-refractivity contribution < 1.29 is 0 Å². The van der Waals surface area contributed by atoms with E-state index in [-0.39, 0.29) is 0 Å². The first-order valence-electron chi connectivity index (χ1n) is 12.0. The van der Waals surface area contributed by atoms with Gasteiger partial charge in [-0.2, -0.15) is 0 Å². The maximum atomic E-state index is 4.54. The van der Waals surface area contributed by atoms with Crippen LogP contribution in [-0.4, -0.2) is 87.1 Å². The number of piperazine rings is 1. The van der Waals surface area contributed by atoms with Crippen molar-refractivity contribution in [1.82, 2.24) is 20.0 Å². The van der Waals surface area contributed by atoms with Gasteiger partial charge in [0.25, 0.3) is 0 Å². The van der Waals surface area contributed by atoms with Crippen LogP contribution in [0.4, 0.5) is 5.69 Å². The Morgan fingerprint density at radius 3 is 2.25 bits per heavy atom. The van der Waals surface area contributed by atoms with Gasteiger partial charge >= 0.3 is 0 Å². The van der Waals surface area contributed by atoms with Crippen LogP contribution in [0.15, 0.2) is 59.6 Å². The number of hydrogen-bond donors (Lipinski definition) is 1. The molecule has 172 valence electrons. The van der Waals surface area contributed by atoms with Gasteiger partial charge in [-0.3, -0.25) is 9.89 Å². The molecule has 0 aromatic heterocycles. The average molecular weight is 435 g/mol. The number of benzene rings is 2. The van der Waals surface area contributed by atoms with E-state index in [1.165, 1.54) is 42.9 Å². The van der Waals surface area contributed by atoms with Crippen LogP contribution in [0.3, 0.4) is 0 Å². The Hall–Kier alpha value is -2.57. The van der Waals surface area contributed by atoms with E-state index in [9.17, 15) is 0 Å². The van der Waals surface area contributed by atoms with Gasteiger partial charge in [-0.15, -0.1) is 0 Å². The molecule has 1 N–H and O–H groups in total. The number of guanidine groups is 1. The Balaban J connectivity index is 1.24. The highest BCUT2D eigenvalue weighted by Gasteiger charge is 2.19. The Morgan fingerprint density at radius 1 is 0.812 bits per heavy atom. The van der Waals surface area contributed by atoms with Crippen LogP contribution in [0, 0.1) is 0 Å². The van der Waals surface area contributed by atoms with Crippen LogP contribution in [0.1, 0.15) is 17.5 Å². The summed E-state index contributed by atoms with van der Waals surface area (Å²) in [5.41, 5.74) is 4.01. The third-order valence-corrected chi connectivity index (χ3v) is 6.60. The maximum Gasteiger partial charge on any atom is 0.194 e. The second-order valence-electron chi connectivity index (χ2n) is 8.96. The number of para-hydroxylation sites is 1. The zero-order valence-electron chi connectivity index (χ0n) is 19.7. The number of nitrogens with zero attached hydrogens (tertiary/aromatic N) is 5. The predicted molar refractivity (Wildman–Crippen MR) is 134 cm³/mol. The van der Waals surface area contributed by atoms with Gasteiger partial charge in [0.1, 0.15) is 0 Å². The lowest BCUT2D eigenvalue weighted by Crippen LogP contribution is -2.52. The van der Waals surface area contributed by atoms with E-state index < -0.39 is 0 Å². The molecule has 0 amide bonds. The first-order chi connectivity index (χ1) is 15.7. The smallest absolute Gasteiger partial charge is 0.194 e. The molecule has 0 saturated carbocycles. The highest BCUT2D eigenvalue weighted by atomic mass is 15.3. The van der Waals surface area contributed by atoms with Crippen molar-refractivity contribution in [2.45, 2.75) is 19.5 Å². The quantitative estimate of drug-likeness (QED) is 0.579. The molecular formula is C26H38N6. The van der Waals surface area contributed by atoms with Crippen molar-refractivity contribution in [1.29, 1.82) is 0 Å². The Bertz CT molecular complexity index is 842. The number of hydrogen-bond acceptors (Lipinski definition) is 4. The van der Waals surface area contributed by atoms with Gasteiger partial charge in [0, 0.05) is 65.1 Å². The molecule has 2 heterocycles. The zero-order chi connectivity index (χ0) is 22.2. The van der Waals surface area contributed by atoms with Crippen molar-refractivity contribution in [3.63, 3.8) is 0 Å². The van der Waals surface area contributed by atoms with Crippen molar-refractivity contribution in [2.75, 3.05) is 71.4 Å². The number of anilines is 1. The van der Waals surface area contributed by atoms with E-state index >= 15 is 0 Å². The minimum atomic E-state index is 0.806. The topological polar surface area (TPSA) is 37.4 Å². The molecule has 2 fully saturated rings. The molecule has 2 aromatic carbocycles. The summed E-state index contributed by atoms with van der Waals surface area (Å²) in [6, 6.07) is 19.8. The monoisotopic (exact) mass is 434 g/mol. The van der Waals surface area contributed by atoms with E-state index in [0.29, 0.717) is 0 Å². The van der Waals surface area contributed by atoms with Gasteiger partial charge in [0.05, 0.1) is 0 Å². The van der Waals surface area contributed by atoms with Gasteiger partial charge < -0.3 is 20.0 Å². The first-order valence-corrected chi connectivity index (χ1v) is 12.0. The SMILES string of the molecule is CN=C(NCc1ccc(CN2CCCN(C)CC2)cc1)N1CCN(c2ccccc2)CC1. The van der Waals surface area contributed by atoms with Crippen LogP contribution in [0.5, 0.6) is 0 Å². The van der Waals surface area contributed by atoms with Gasteiger partial charge in [-0.25, -0.2) is 0 Å². The van der Waals surface area contributed by atoms with Crippen LogP contribution >= 0.6 is 0 Å². The van der Waals surface area contributed by atoms with Gasteiger partial charge in [-0.1, -0.05) is 42.5 Å². The molecule has 2 aromatic rings. The third-order valence-electron chi connectivity index (χ3n) is 6.60. The van der Waals surface area contributed by atoms with E-state index in [2.05, 4.69) is 91.6 Å². The Labute approximate surface area is 193 Å². The number of likely N-dealkylation sites (N-methyl/N-ethyl adjacent to an activating group) is 1. The van der Waals surface area contributed by atoms with Crippen molar-refractivity contribution in [3.8, 4) is 0 Å². The minimum Gasteiger partial charge on any atom is -0.368 e. The second-order valence-corrected chi connectivity index (χ2v) is 8.96. The lowest BCUT2D eigenvalue weighted by Gasteiger charge is -2.37. The van der Waals surface area contributed by atoms with Gasteiger partial charge in [0.15, 0.2) is 5.96 Å². The Kier molecular flexibility index (Phi) is 8.02. The summed E-state index contributed by atoms with van der Waals surface area (Å²) in [6.45, 7) is 10.6. The lowest BCUT2D eigenvalue weighted by atomic mass is 10.1. The summed E-state index contributed by atoms with van der Waals surface area (Å²) < 4.78 is 0. The zero-order valence-corrected chi connectivity index (χ0v) is 19.7. The largest absolute Gasteiger partial charge is 0.368 e. The van der Waals surface area contributed by atoms with Crippen LogP contribution in [0.2, 0.25) is 0 Å². The summed E-state index contributed by atoms with van der Waals surface area (Å²) in [5, 5.41) is 3.57. The molecule has 0 bridgehead atoms. The number of rotatable bonds is 5. The van der Waals surface area contributed by atoms with Crippen LogP contribution < -0.4 is 10.2 Å². The molecule has 0 atom stereocenters. The van der Waals surface area contributed by atoms with E-state index in [1.54, 1.807) is 0 Å². The van der Waals surface area contributed by atoms with Crippen molar-refractivity contribution in [2.24, 2.45) is 4.99 Å². The number of nitrogens with one attached hydrogen (secondary N) is 1. The maximum absolute atomic E-state index is 4.54. The molecular weight excluding hydrogens is 396 g/mol. The first kappa shape index (κ1) is 22.6. The average Bonchev–Trinajstić information content (AvgIpc) is 3.05. The molecule has 6 heteroatoms. The molecule has 2 saturated heterocycles. The van der Waals surface area contributed by atoms with E-state index in [4.69, 9.17) is 0 Å². The second kappa shape index (κ2) is 11.3. The van der Waals surface area contributed by atoms with E-state index in [0.717, 1.165) is 51.8 Å². The third kappa shape index (κ3) is 6.24. The molecule has 0 aliphatic carbocycles. The highest BCUT2D eigenvalue weighted by Crippen LogP contribution is 2.16. The van der Waals surface area contributed by atoms with Crippen LogP contribution in [0.25, 0.3) is 0 Å². The summed E-state index contributed by atoms with van der Waals surface area (Å²) in [4.78, 5) is 14.4. The summed E-state index contributed by atoms with van der Waals surface area (Å²) in [7, 11) is 4.11. The fourth-order valence-corrected chi connectivity index (χ4v) is 4.61. The molecule has 2 aliphatic rings. The molecule has 4 rings (SSSR count). The molecule has 2 aliphatic heterocycles. The lowest BCUT2D eigenvalue weighted by molar-refractivity contribution is 0.269. The highest BCUT2D eigenvalue weighted by molar-refractivity contribution is 5.80. The fourth-order valence-electron chi connectivity index (χ4n) is 4.61. The van der Waals surface area contributed by atoms with Crippen molar-refractivity contribution in [3.05, 3.63) is 65.7 Å².